The van der Waals surface area contributed by atoms with Gasteiger partial charge in [0, 0.05) is 0 Å². The standard InChI is InChI=1S/C15H26O4/c1-4-7-12(10-11(2)3)13(16)19-15(14(17)18)8-5-6-9-15/h11-12H,4-10H2,1-3H3,(H,17,18). The molecule has 4 nitrogen and oxygen atoms in total. The molecule has 0 heterocycles. The molecule has 0 aromatic rings. The topological polar surface area (TPSA) is 63.6 Å². The summed E-state index contributed by atoms with van der Waals surface area (Å²) in [6.07, 6.45) is 5.00. The number of esters is 1. The Labute approximate surface area is 115 Å². The second-order valence-electron chi connectivity index (χ2n) is 6.04. The van der Waals surface area contributed by atoms with Gasteiger partial charge in [-0.25, -0.2) is 4.79 Å². The minimum Gasteiger partial charge on any atom is -0.478 e. The lowest BCUT2D eigenvalue weighted by Gasteiger charge is -2.27. The quantitative estimate of drug-likeness (QED) is 0.720. The zero-order chi connectivity index (χ0) is 14.5. The number of hydrogen-bond donors (Lipinski definition) is 1. The molecule has 4 heteroatoms. The van der Waals surface area contributed by atoms with Gasteiger partial charge >= 0.3 is 11.9 Å². The van der Waals surface area contributed by atoms with Crippen molar-refractivity contribution < 1.29 is 19.4 Å². The lowest BCUT2D eigenvalue weighted by atomic mass is 9.92. The first-order valence-corrected chi connectivity index (χ1v) is 7.37. The summed E-state index contributed by atoms with van der Waals surface area (Å²) in [6.45, 7) is 6.17. The highest BCUT2D eigenvalue weighted by Crippen LogP contribution is 2.35. The number of aliphatic carboxylic acids is 1. The Kier molecular flexibility index (Phi) is 5.83. The van der Waals surface area contributed by atoms with E-state index in [0.29, 0.717) is 18.8 Å². The first kappa shape index (κ1) is 16.0. The smallest absolute Gasteiger partial charge is 0.348 e. The van der Waals surface area contributed by atoms with Crippen molar-refractivity contribution in [2.75, 3.05) is 0 Å². The first-order chi connectivity index (χ1) is 8.91. The highest BCUT2D eigenvalue weighted by Gasteiger charge is 2.46. The van der Waals surface area contributed by atoms with Gasteiger partial charge in [-0.15, -0.1) is 0 Å². The van der Waals surface area contributed by atoms with E-state index in [9.17, 15) is 14.7 Å². The molecule has 0 aromatic carbocycles. The third-order valence-electron chi connectivity index (χ3n) is 3.82. The van der Waals surface area contributed by atoms with Crippen molar-refractivity contribution in [1.29, 1.82) is 0 Å². The Morgan fingerprint density at radius 3 is 2.26 bits per heavy atom. The second kappa shape index (κ2) is 6.92. The van der Waals surface area contributed by atoms with E-state index in [0.717, 1.165) is 32.1 Å². The van der Waals surface area contributed by atoms with Gasteiger partial charge in [0.15, 0.2) is 0 Å². The van der Waals surface area contributed by atoms with E-state index in [1.54, 1.807) is 0 Å². The van der Waals surface area contributed by atoms with Crippen LogP contribution in [-0.4, -0.2) is 22.6 Å². The summed E-state index contributed by atoms with van der Waals surface area (Å²) >= 11 is 0. The minimum atomic E-state index is -1.25. The number of carbonyl (C=O) groups is 2. The van der Waals surface area contributed by atoms with Crippen LogP contribution in [-0.2, 0) is 14.3 Å². The highest BCUT2D eigenvalue weighted by atomic mass is 16.6. The molecule has 1 rings (SSSR count). The van der Waals surface area contributed by atoms with Crippen molar-refractivity contribution in [3.63, 3.8) is 0 Å². The molecule has 1 N–H and O–H groups in total. The third-order valence-corrected chi connectivity index (χ3v) is 3.82. The van der Waals surface area contributed by atoms with E-state index in [4.69, 9.17) is 4.74 Å². The Morgan fingerprint density at radius 2 is 1.84 bits per heavy atom. The predicted molar refractivity (Wildman–Crippen MR) is 72.8 cm³/mol. The lowest BCUT2D eigenvalue weighted by molar-refractivity contribution is -0.181. The van der Waals surface area contributed by atoms with Crippen molar-refractivity contribution in [2.45, 2.75) is 71.3 Å². The number of ether oxygens (including phenoxy) is 1. The molecule has 1 aliphatic rings. The molecule has 0 amide bonds. The SMILES string of the molecule is CCCC(CC(C)C)C(=O)OC1(C(=O)O)CCCC1. The summed E-state index contributed by atoms with van der Waals surface area (Å²) in [6, 6.07) is 0. The van der Waals surface area contributed by atoms with Gasteiger partial charge in [-0.3, -0.25) is 4.79 Å². The molecule has 1 unspecified atom stereocenters. The largest absolute Gasteiger partial charge is 0.478 e. The average molecular weight is 270 g/mol. The molecule has 1 aliphatic carbocycles. The second-order valence-corrected chi connectivity index (χ2v) is 6.04. The maximum absolute atomic E-state index is 12.2. The maximum Gasteiger partial charge on any atom is 0.348 e. The molecule has 0 saturated heterocycles. The molecular formula is C15H26O4. The third kappa shape index (κ3) is 4.22. The van der Waals surface area contributed by atoms with Crippen LogP contribution in [0.15, 0.2) is 0 Å². The number of carboxylic acids is 1. The van der Waals surface area contributed by atoms with Crippen LogP contribution in [0, 0.1) is 11.8 Å². The van der Waals surface area contributed by atoms with Gasteiger partial charge in [-0.05, 0) is 44.4 Å². The van der Waals surface area contributed by atoms with Crippen LogP contribution < -0.4 is 0 Å². The zero-order valence-electron chi connectivity index (χ0n) is 12.3. The van der Waals surface area contributed by atoms with E-state index in [1.807, 2.05) is 6.92 Å². The average Bonchev–Trinajstić information content (AvgIpc) is 2.77. The molecule has 1 fully saturated rings. The van der Waals surface area contributed by atoms with Crippen molar-refractivity contribution in [3.8, 4) is 0 Å². The molecule has 0 aliphatic heterocycles. The van der Waals surface area contributed by atoms with Crippen LogP contribution in [0.2, 0.25) is 0 Å². The Morgan fingerprint density at radius 1 is 1.26 bits per heavy atom. The molecule has 0 bridgehead atoms. The number of hydrogen-bond acceptors (Lipinski definition) is 3. The van der Waals surface area contributed by atoms with E-state index >= 15 is 0 Å². The fourth-order valence-corrected chi connectivity index (χ4v) is 2.83. The van der Waals surface area contributed by atoms with E-state index in [1.165, 1.54) is 0 Å². The Hall–Kier alpha value is -1.06. The summed E-state index contributed by atoms with van der Waals surface area (Å²) < 4.78 is 5.44. The van der Waals surface area contributed by atoms with E-state index < -0.39 is 11.6 Å². The summed E-state index contributed by atoms with van der Waals surface area (Å²) in [4.78, 5) is 23.6. The van der Waals surface area contributed by atoms with Gasteiger partial charge in [0.1, 0.15) is 0 Å². The van der Waals surface area contributed by atoms with E-state index in [-0.39, 0.29) is 11.9 Å². The highest BCUT2D eigenvalue weighted by molar-refractivity contribution is 5.83. The fourth-order valence-electron chi connectivity index (χ4n) is 2.83. The number of rotatable bonds is 7. The molecule has 110 valence electrons. The molecule has 0 spiro atoms. The van der Waals surface area contributed by atoms with Crippen LogP contribution in [0.25, 0.3) is 0 Å². The van der Waals surface area contributed by atoms with Crippen LogP contribution in [0.3, 0.4) is 0 Å². The van der Waals surface area contributed by atoms with Crippen LogP contribution in [0.4, 0.5) is 0 Å². The summed E-state index contributed by atoms with van der Waals surface area (Å²) in [5.41, 5.74) is -1.25. The zero-order valence-corrected chi connectivity index (χ0v) is 12.3. The molecular weight excluding hydrogens is 244 g/mol. The van der Waals surface area contributed by atoms with Gasteiger partial charge in [-0.2, -0.15) is 0 Å². The molecule has 0 radical (unpaired) electrons. The number of carboxylic acid groups (broad SMARTS) is 1. The van der Waals surface area contributed by atoms with Crippen molar-refractivity contribution in [2.24, 2.45) is 11.8 Å². The van der Waals surface area contributed by atoms with Crippen molar-refractivity contribution in [1.82, 2.24) is 0 Å². The summed E-state index contributed by atoms with van der Waals surface area (Å²) in [5, 5.41) is 9.33. The van der Waals surface area contributed by atoms with Gasteiger partial charge in [0.2, 0.25) is 5.60 Å². The molecule has 1 saturated carbocycles. The van der Waals surface area contributed by atoms with Crippen LogP contribution in [0.5, 0.6) is 0 Å². The van der Waals surface area contributed by atoms with Gasteiger partial charge < -0.3 is 9.84 Å². The van der Waals surface area contributed by atoms with Gasteiger partial charge in [-0.1, -0.05) is 27.2 Å². The van der Waals surface area contributed by atoms with Gasteiger partial charge in [0.25, 0.3) is 0 Å². The molecule has 19 heavy (non-hydrogen) atoms. The molecule has 1 atom stereocenters. The fraction of sp³-hybridized carbons (Fsp3) is 0.867. The Bertz CT molecular complexity index is 316. The van der Waals surface area contributed by atoms with Crippen molar-refractivity contribution in [3.05, 3.63) is 0 Å². The van der Waals surface area contributed by atoms with Crippen LogP contribution >= 0.6 is 0 Å². The lowest BCUT2D eigenvalue weighted by Crippen LogP contribution is -2.42. The summed E-state index contributed by atoms with van der Waals surface area (Å²) in [7, 11) is 0. The minimum absolute atomic E-state index is 0.165. The first-order valence-electron chi connectivity index (χ1n) is 7.37. The van der Waals surface area contributed by atoms with E-state index in [2.05, 4.69) is 13.8 Å². The Balaban J connectivity index is 2.71. The van der Waals surface area contributed by atoms with Crippen molar-refractivity contribution >= 4 is 11.9 Å². The van der Waals surface area contributed by atoms with Crippen LogP contribution in [0.1, 0.15) is 65.7 Å². The van der Waals surface area contributed by atoms with Gasteiger partial charge in [0.05, 0.1) is 5.92 Å². The predicted octanol–water partition coefficient (Wildman–Crippen LogP) is 3.39. The monoisotopic (exact) mass is 270 g/mol. The normalized spacial score (nSPS) is 19.4. The maximum atomic E-state index is 12.2. The molecule has 0 aromatic heterocycles. The summed E-state index contributed by atoms with van der Waals surface area (Å²) in [5.74, 6) is -1.06. The number of carbonyl (C=O) groups excluding carboxylic acids is 1.